The number of thiazole rings is 1. The van der Waals surface area contributed by atoms with Gasteiger partial charge in [-0.3, -0.25) is 14.9 Å². The molecular formula is C21H19N3O3S. The minimum Gasteiger partial charge on any atom is -0.497 e. The number of nitrogens with zero attached hydrogens (tertiary/aromatic N) is 1. The molecule has 4 rings (SSSR count). The monoisotopic (exact) mass is 393 g/mol. The van der Waals surface area contributed by atoms with Crippen LogP contribution in [0.2, 0.25) is 0 Å². The SMILES string of the molecule is COc1ccc(NC(=O)C2CCc3sc(NC(=O)c4ccccc4)nc32)cc1. The molecule has 28 heavy (non-hydrogen) atoms. The van der Waals surface area contributed by atoms with Crippen molar-refractivity contribution in [3.8, 4) is 5.75 Å². The van der Waals surface area contributed by atoms with Crippen molar-refractivity contribution in [2.24, 2.45) is 0 Å². The zero-order valence-corrected chi connectivity index (χ0v) is 16.1. The Morgan fingerprint density at radius 2 is 1.82 bits per heavy atom. The van der Waals surface area contributed by atoms with Crippen LogP contribution in [-0.4, -0.2) is 23.9 Å². The maximum atomic E-state index is 12.7. The summed E-state index contributed by atoms with van der Waals surface area (Å²) >= 11 is 1.44. The number of carbonyl (C=O) groups excluding carboxylic acids is 2. The second kappa shape index (κ2) is 7.82. The number of nitrogens with one attached hydrogen (secondary N) is 2. The van der Waals surface area contributed by atoms with Crippen molar-refractivity contribution in [1.82, 2.24) is 4.98 Å². The zero-order chi connectivity index (χ0) is 19.5. The highest BCUT2D eigenvalue weighted by molar-refractivity contribution is 7.16. The van der Waals surface area contributed by atoms with Crippen molar-refractivity contribution >= 4 is 34.0 Å². The number of ether oxygens (including phenoxy) is 1. The molecule has 1 atom stereocenters. The molecule has 7 heteroatoms. The third-order valence-electron chi connectivity index (χ3n) is 4.65. The first-order valence-electron chi connectivity index (χ1n) is 8.95. The zero-order valence-electron chi connectivity index (χ0n) is 15.3. The summed E-state index contributed by atoms with van der Waals surface area (Å²) in [6, 6.07) is 16.2. The van der Waals surface area contributed by atoms with Crippen LogP contribution in [0.3, 0.4) is 0 Å². The molecule has 0 aliphatic heterocycles. The van der Waals surface area contributed by atoms with Crippen LogP contribution in [-0.2, 0) is 11.2 Å². The van der Waals surface area contributed by atoms with Gasteiger partial charge in [0.1, 0.15) is 5.75 Å². The van der Waals surface area contributed by atoms with E-state index in [0.717, 1.165) is 29.2 Å². The van der Waals surface area contributed by atoms with Crippen LogP contribution in [0, 0.1) is 0 Å². The molecule has 0 saturated heterocycles. The van der Waals surface area contributed by atoms with Gasteiger partial charge in [0.15, 0.2) is 5.13 Å². The Balaban J connectivity index is 1.45. The van der Waals surface area contributed by atoms with Gasteiger partial charge in [-0.2, -0.15) is 0 Å². The average molecular weight is 393 g/mol. The van der Waals surface area contributed by atoms with Crippen LogP contribution >= 0.6 is 11.3 Å². The highest BCUT2D eigenvalue weighted by atomic mass is 32.1. The lowest BCUT2D eigenvalue weighted by Crippen LogP contribution is -2.20. The normalized spacial score (nSPS) is 15.0. The molecule has 0 bridgehead atoms. The third-order valence-corrected chi connectivity index (χ3v) is 5.69. The van der Waals surface area contributed by atoms with Gasteiger partial charge in [0.05, 0.1) is 18.7 Å². The van der Waals surface area contributed by atoms with Crippen LogP contribution in [0.15, 0.2) is 54.6 Å². The van der Waals surface area contributed by atoms with Gasteiger partial charge >= 0.3 is 0 Å². The summed E-state index contributed by atoms with van der Waals surface area (Å²) in [5.74, 6) is 0.137. The predicted octanol–water partition coefficient (Wildman–Crippen LogP) is 4.07. The van der Waals surface area contributed by atoms with E-state index in [1.54, 1.807) is 43.5 Å². The van der Waals surface area contributed by atoms with E-state index in [2.05, 4.69) is 15.6 Å². The lowest BCUT2D eigenvalue weighted by molar-refractivity contribution is -0.117. The summed E-state index contributed by atoms with van der Waals surface area (Å²) in [5.41, 5.74) is 2.05. The molecule has 1 unspecified atom stereocenters. The van der Waals surface area contributed by atoms with E-state index in [1.165, 1.54) is 11.3 Å². The standard InChI is InChI=1S/C21H19N3O3S/c1-27-15-9-7-14(8-10-15)22-20(26)16-11-12-17-18(16)23-21(28-17)24-19(25)13-5-3-2-4-6-13/h2-10,16H,11-12H2,1H3,(H,22,26)(H,23,24,25). The van der Waals surface area contributed by atoms with Crippen molar-refractivity contribution in [1.29, 1.82) is 0 Å². The summed E-state index contributed by atoms with van der Waals surface area (Å²) in [4.78, 5) is 30.6. The molecule has 1 aliphatic rings. The lowest BCUT2D eigenvalue weighted by atomic mass is 10.1. The van der Waals surface area contributed by atoms with Crippen LogP contribution in [0.1, 0.15) is 33.3 Å². The first-order valence-corrected chi connectivity index (χ1v) is 9.76. The van der Waals surface area contributed by atoms with Crippen molar-refractivity contribution < 1.29 is 14.3 Å². The Bertz CT molecular complexity index is 999. The average Bonchev–Trinajstić information content (AvgIpc) is 3.29. The van der Waals surface area contributed by atoms with Gasteiger partial charge in [-0.25, -0.2) is 4.98 Å². The number of aromatic nitrogens is 1. The Morgan fingerprint density at radius 3 is 2.54 bits per heavy atom. The number of benzene rings is 2. The molecule has 3 aromatic rings. The number of methoxy groups -OCH3 is 1. The third kappa shape index (κ3) is 3.75. The van der Waals surface area contributed by atoms with E-state index in [9.17, 15) is 9.59 Å². The number of hydrogen-bond donors (Lipinski definition) is 2. The molecule has 142 valence electrons. The fourth-order valence-corrected chi connectivity index (χ4v) is 4.23. The number of fused-ring (bicyclic) bond motifs is 1. The molecule has 1 heterocycles. The second-order valence-electron chi connectivity index (χ2n) is 6.46. The van der Waals surface area contributed by atoms with Gasteiger partial charge in [-0.1, -0.05) is 18.2 Å². The first kappa shape index (κ1) is 18.2. The van der Waals surface area contributed by atoms with Crippen LogP contribution in [0.25, 0.3) is 0 Å². The Kier molecular flexibility index (Phi) is 5.08. The highest BCUT2D eigenvalue weighted by Gasteiger charge is 2.33. The fraction of sp³-hybridized carbons (Fsp3) is 0.190. The van der Waals surface area contributed by atoms with Gasteiger partial charge in [-0.15, -0.1) is 11.3 Å². The molecule has 0 radical (unpaired) electrons. The Labute approximate surface area is 166 Å². The quantitative estimate of drug-likeness (QED) is 0.685. The number of carbonyl (C=O) groups is 2. The smallest absolute Gasteiger partial charge is 0.257 e. The van der Waals surface area contributed by atoms with E-state index >= 15 is 0 Å². The van der Waals surface area contributed by atoms with Gasteiger partial charge in [0, 0.05) is 16.1 Å². The van der Waals surface area contributed by atoms with E-state index in [4.69, 9.17) is 4.74 Å². The van der Waals surface area contributed by atoms with Gasteiger partial charge < -0.3 is 10.1 Å². The number of rotatable bonds is 5. The molecule has 2 amide bonds. The molecule has 2 aromatic carbocycles. The maximum Gasteiger partial charge on any atom is 0.257 e. The van der Waals surface area contributed by atoms with Crippen molar-refractivity contribution in [3.63, 3.8) is 0 Å². The van der Waals surface area contributed by atoms with Crippen LogP contribution in [0.4, 0.5) is 10.8 Å². The van der Waals surface area contributed by atoms with E-state index in [1.807, 2.05) is 18.2 Å². The Hall–Kier alpha value is -3.19. The van der Waals surface area contributed by atoms with E-state index in [-0.39, 0.29) is 17.7 Å². The predicted molar refractivity (Wildman–Crippen MR) is 109 cm³/mol. The molecule has 1 aromatic heterocycles. The largest absolute Gasteiger partial charge is 0.497 e. The topological polar surface area (TPSA) is 80.3 Å². The minimum atomic E-state index is -0.310. The van der Waals surface area contributed by atoms with Crippen LogP contribution in [0.5, 0.6) is 5.75 Å². The maximum absolute atomic E-state index is 12.7. The highest BCUT2D eigenvalue weighted by Crippen LogP contribution is 2.39. The molecule has 0 spiro atoms. The van der Waals surface area contributed by atoms with E-state index in [0.29, 0.717) is 16.4 Å². The Morgan fingerprint density at radius 1 is 1.07 bits per heavy atom. The van der Waals surface area contributed by atoms with Crippen molar-refractivity contribution in [2.45, 2.75) is 18.8 Å². The molecule has 1 aliphatic carbocycles. The first-order chi connectivity index (χ1) is 13.6. The minimum absolute atomic E-state index is 0.0878. The van der Waals surface area contributed by atoms with Gasteiger partial charge in [0.25, 0.3) is 5.91 Å². The van der Waals surface area contributed by atoms with Crippen molar-refractivity contribution in [3.05, 3.63) is 70.7 Å². The summed E-state index contributed by atoms with van der Waals surface area (Å²) in [6.45, 7) is 0. The molecule has 2 N–H and O–H groups in total. The molecular weight excluding hydrogens is 374 g/mol. The van der Waals surface area contributed by atoms with E-state index < -0.39 is 0 Å². The van der Waals surface area contributed by atoms with Gasteiger partial charge in [0.2, 0.25) is 5.91 Å². The summed E-state index contributed by atoms with van der Waals surface area (Å²) in [5, 5.41) is 6.30. The number of anilines is 2. The number of aryl methyl sites for hydroxylation is 1. The summed E-state index contributed by atoms with van der Waals surface area (Å²) < 4.78 is 5.13. The fourth-order valence-electron chi connectivity index (χ4n) is 3.20. The van der Waals surface area contributed by atoms with Crippen molar-refractivity contribution in [2.75, 3.05) is 17.7 Å². The lowest BCUT2D eigenvalue weighted by Gasteiger charge is -2.11. The summed E-state index contributed by atoms with van der Waals surface area (Å²) in [7, 11) is 1.60. The molecule has 6 nitrogen and oxygen atoms in total. The van der Waals surface area contributed by atoms with Crippen LogP contribution < -0.4 is 15.4 Å². The number of hydrogen-bond acceptors (Lipinski definition) is 5. The second-order valence-corrected chi connectivity index (χ2v) is 7.54. The molecule has 0 fully saturated rings. The molecule has 0 saturated carbocycles. The van der Waals surface area contributed by atoms with Gasteiger partial charge in [-0.05, 0) is 49.2 Å². The number of amides is 2. The summed E-state index contributed by atoms with van der Waals surface area (Å²) in [6.07, 6.45) is 1.51.